The fraction of sp³-hybridized carbons (Fsp3) is 0.571. The number of amides is 2. The summed E-state index contributed by atoms with van der Waals surface area (Å²) in [5.41, 5.74) is 0. The van der Waals surface area contributed by atoms with Crippen molar-refractivity contribution in [1.82, 2.24) is 10.2 Å². The maximum absolute atomic E-state index is 12.3. The van der Waals surface area contributed by atoms with Crippen molar-refractivity contribution in [3.05, 3.63) is 22.4 Å². The normalized spacial score (nSPS) is 24.2. The lowest BCUT2D eigenvalue weighted by Gasteiger charge is -2.37. The van der Waals surface area contributed by atoms with Crippen LogP contribution in [0.25, 0.3) is 0 Å². The van der Waals surface area contributed by atoms with E-state index in [1.165, 1.54) is 4.90 Å². The van der Waals surface area contributed by atoms with Gasteiger partial charge in [0.15, 0.2) is 0 Å². The highest BCUT2D eigenvalue weighted by Crippen LogP contribution is 2.25. The Morgan fingerprint density at radius 3 is 2.90 bits per heavy atom. The van der Waals surface area contributed by atoms with Crippen LogP contribution in [0.5, 0.6) is 0 Å². The number of urea groups is 1. The molecule has 2 amide bonds. The fourth-order valence-corrected chi connectivity index (χ4v) is 3.40. The Hall–Kier alpha value is -1.56. The zero-order chi connectivity index (χ0) is 14.7. The first-order chi connectivity index (χ1) is 9.50. The van der Waals surface area contributed by atoms with Gasteiger partial charge in [0, 0.05) is 11.4 Å². The average Bonchev–Trinajstić information content (AvgIpc) is 2.91. The SMILES string of the molecule is CC(NC(=O)N1CCCC(C)C1C(=O)O)c1cccs1. The highest BCUT2D eigenvalue weighted by atomic mass is 32.1. The number of aliphatic carboxylic acids is 1. The number of hydrogen-bond acceptors (Lipinski definition) is 3. The Morgan fingerprint density at radius 1 is 1.55 bits per heavy atom. The highest BCUT2D eigenvalue weighted by molar-refractivity contribution is 7.10. The molecule has 3 atom stereocenters. The second kappa shape index (κ2) is 6.26. The maximum Gasteiger partial charge on any atom is 0.326 e. The first-order valence-corrected chi connectivity index (χ1v) is 7.72. The summed E-state index contributed by atoms with van der Waals surface area (Å²) in [6.07, 6.45) is 1.70. The largest absolute Gasteiger partial charge is 0.480 e. The van der Waals surface area contributed by atoms with Gasteiger partial charge in [0.2, 0.25) is 0 Å². The van der Waals surface area contributed by atoms with Gasteiger partial charge in [-0.15, -0.1) is 11.3 Å². The average molecular weight is 296 g/mol. The molecule has 1 aromatic heterocycles. The minimum atomic E-state index is -0.920. The lowest BCUT2D eigenvalue weighted by molar-refractivity contribution is -0.145. The fourth-order valence-electron chi connectivity index (χ4n) is 2.67. The van der Waals surface area contributed by atoms with E-state index in [-0.39, 0.29) is 18.0 Å². The van der Waals surface area contributed by atoms with Crippen LogP contribution in [0.15, 0.2) is 17.5 Å². The zero-order valence-electron chi connectivity index (χ0n) is 11.7. The third-order valence-electron chi connectivity index (χ3n) is 3.76. The zero-order valence-corrected chi connectivity index (χ0v) is 12.5. The molecule has 2 rings (SSSR count). The molecule has 20 heavy (non-hydrogen) atoms. The van der Waals surface area contributed by atoms with Crippen LogP contribution < -0.4 is 5.32 Å². The molecular weight excluding hydrogens is 276 g/mol. The van der Waals surface area contributed by atoms with Crippen LogP contribution in [0.4, 0.5) is 4.79 Å². The number of thiophene rings is 1. The molecular formula is C14H20N2O3S. The van der Waals surface area contributed by atoms with Gasteiger partial charge in [-0.2, -0.15) is 0 Å². The summed E-state index contributed by atoms with van der Waals surface area (Å²) < 4.78 is 0. The van der Waals surface area contributed by atoms with Crippen molar-refractivity contribution in [3.8, 4) is 0 Å². The van der Waals surface area contributed by atoms with E-state index in [0.29, 0.717) is 6.54 Å². The quantitative estimate of drug-likeness (QED) is 0.901. The van der Waals surface area contributed by atoms with Crippen LogP contribution in [-0.2, 0) is 4.79 Å². The predicted molar refractivity (Wildman–Crippen MR) is 77.8 cm³/mol. The standard InChI is InChI=1S/C14H20N2O3S/c1-9-5-3-7-16(12(9)13(17)18)14(19)15-10(2)11-6-4-8-20-11/h4,6,8-10,12H,3,5,7H2,1-2H3,(H,15,19)(H,17,18). The van der Waals surface area contributed by atoms with Gasteiger partial charge in [-0.25, -0.2) is 9.59 Å². The topological polar surface area (TPSA) is 69.6 Å². The minimum Gasteiger partial charge on any atom is -0.480 e. The van der Waals surface area contributed by atoms with E-state index >= 15 is 0 Å². The van der Waals surface area contributed by atoms with Crippen LogP contribution in [0.1, 0.15) is 37.6 Å². The molecule has 1 aliphatic rings. The molecule has 0 spiro atoms. The summed E-state index contributed by atoms with van der Waals surface area (Å²) in [6.45, 7) is 4.30. The first-order valence-electron chi connectivity index (χ1n) is 6.84. The summed E-state index contributed by atoms with van der Waals surface area (Å²) in [5.74, 6) is -0.930. The summed E-state index contributed by atoms with van der Waals surface area (Å²) in [4.78, 5) is 26.2. The summed E-state index contributed by atoms with van der Waals surface area (Å²) in [5, 5.41) is 14.2. The number of carbonyl (C=O) groups is 2. The van der Waals surface area contributed by atoms with Gasteiger partial charge in [0.05, 0.1) is 6.04 Å². The number of carboxylic acids is 1. The van der Waals surface area contributed by atoms with Crippen molar-refractivity contribution in [2.24, 2.45) is 5.92 Å². The number of hydrogen-bond donors (Lipinski definition) is 2. The Balaban J connectivity index is 2.05. The van der Waals surface area contributed by atoms with Crippen LogP contribution in [-0.4, -0.2) is 34.6 Å². The molecule has 2 N–H and O–H groups in total. The Bertz CT molecular complexity index is 475. The van der Waals surface area contributed by atoms with Gasteiger partial charge in [0.25, 0.3) is 0 Å². The number of carboxylic acid groups (broad SMARTS) is 1. The molecule has 0 aromatic carbocycles. The highest BCUT2D eigenvalue weighted by Gasteiger charge is 2.37. The molecule has 0 saturated carbocycles. The van der Waals surface area contributed by atoms with Crippen molar-refractivity contribution in [1.29, 1.82) is 0 Å². The van der Waals surface area contributed by atoms with Crippen molar-refractivity contribution in [2.75, 3.05) is 6.54 Å². The third-order valence-corrected chi connectivity index (χ3v) is 4.81. The number of likely N-dealkylation sites (tertiary alicyclic amines) is 1. The van der Waals surface area contributed by atoms with E-state index in [4.69, 9.17) is 0 Å². The Kier molecular flexibility index (Phi) is 4.65. The number of carbonyl (C=O) groups excluding carboxylic acids is 1. The summed E-state index contributed by atoms with van der Waals surface area (Å²) in [7, 11) is 0. The molecule has 110 valence electrons. The summed E-state index contributed by atoms with van der Waals surface area (Å²) in [6, 6.07) is 2.78. The molecule has 5 nitrogen and oxygen atoms in total. The maximum atomic E-state index is 12.3. The van der Waals surface area contributed by atoms with Gasteiger partial charge in [-0.3, -0.25) is 0 Å². The van der Waals surface area contributed by atoms with E-state index < -0.39 is 12.0 Å². The Morgan fingerprint density at radius 2 is 2.30 bits per heavy atom. The number of rotatable bonds is 3. The number of piperidine rings is 1. The van der Waals surface area contributed by atoms with Crippen molar-refractivity contribution in [2.45, 2.75) is 38.8 Å². The van der Waals surface area contributed by atoms with Gasteiger partial charge >= 0.3 is 12.0 Å². The van der Waals surface area contributed by atoms with Gasteiger partial charge in [-0.1, -0.05) is 13.0 Å². The summed E-state index contributed by atoms with van der Waals surface area (Å²) >= 11 is 1.58. The van der Waals surface area contributed by atoms with Crippen molar-refractivity contribution < 1.29 is 14.7 Å². The predicted octanol–water partition coefficient (Wildman–Crippen LogP) is 2.70. The van der Waals surface area contributed by atoms with Crippen LogP contribution in [0.3, 0.4) is 0 Å². The third kappa shape index (κ3) is 3.12. The van der Waals surface area contributed by atoms with Crippen LogP contribution >= 0.6 is 11.3 Å². The molecule has 0 aliphatic carbocycles. The van der Waals surface area contributed by atoms with Crippen molar-refractivity contribution >= 4 is 23.3 Å². The smallest absolute Gasteiger partial charge is 0.326 e. The molecule has 0 bridgehead atoms. The van der Waals surface area contributed by atoms with Crippen LogP contribution in [0, 0.1) is 5.92 Å². The lowest BCUT2D eigenvalue weighted by Crippen LogP contribution is -2.55. The molecule has 2 heterocycles. The van der Waals surface area contributed by atoms with Gasteiger partial charge in [-0.05, 0) is 37.1 Å². The first kappa shape index (κ1) is 14.8. The molecule has 1 fully saturated rings. The monoisotopic (exact) mass is 296 g/mol. The second-order valence-corrected chi connectivity index (χ2v) is 6.26. The molecule has 1 saturated heterocycles. The van der Waals surface area contributed by atoms with Crippen molar-refractivity contribution in [3.63, 3.8) is 0 Å². The minimum absolute atomic E-state index is 0.0101. The molecule has 1 aromatic rings. The number of nitrogens with one attached hydrogen (secondary N) is 1. The molecule has 3 unspecified atom stereocenters. The molecule has 1 aliphatic heterocycles. The van der Waals surface area contributed by atoms with E-state index in [1.54, 1.807) is 11.3 Å². The Labute approximate surface area is 122 Å². The van der Waals surface area contributed by atoms with Gasteiger partial charge in [0.1, 0.15) is 6.04 Å². The molecule has 0 radical (unpaired) electrons. The van der Waals surface area contributed by atoms with E-state index in [1.807, 2.05) is 31.4 Å². The van der Waals surface area contributed by atoms with Crippen LogP contribution in [0.2, 0.25) is 0 Å². The van der Waals surface area contributed by atoms with Gasteiger partial charge < -0.3 is 15.3 Å². The van der Waals surface area contributed by atoms with E-state index in [9.17, 15) is 14.7 Å². The second-order valence-electron chi connectivity index (χ2n) is 5.28. The lowest BCUT2D eigenvalue weighted by atomic mass is 9.91. The van der Waals surface area contributed by atoms with E-state index in [2.05, 4.69) is 5.32 Å². The van der Waals surface area contributed by atoms with E-state index in [0.717, 1.165) is 17.7 Å². The molecule has 6 heteroatoms. The number of nitrogens with zero attached hydrogens (tertiary/aromatic N) is 1.